The fraction of sp³-hybridized carbons (Fsp3) is 0.400. The second kappa shape index (κ2) is 7.66. The lowest BCUT2D eigenvalue weighted by molar-refractivity contribution is -0.138. The van der Waals surface area contributed by atoms with E-state index in [1.54, 1.807) is 0 Å². The fourth-order valence-electron chi connectivity index (χ4n) is 1.57. The Morgan fingerprint density at radius 1 is 1.24 bits per heavy atom. The van der Waals surface area contributed by atoms with Gasteiger partial charge in [0.25, 0.3) is 0 Å². The Bertz CT molecular complexity index is 366. The first kappa shape index (κ1) is 13.5. The molecule has 1 aromatic rings. The second-order valence-electron chi connectivity index (χ2n) is 3.90. The van der Waals surface area contributed by atoms with E-state index >= 15 is 0 Å². The molecule has 1 rings (SSSR count). The third-order valence-corrected chi connectivity index (χ3v) is 2.48. The molecule has 0 atom stereocenters. The Morgan fingerprint density at radius 3 is 2.53 bits per heavy atom. The first-order valence-corrected chi connectivity index (χ1v) is 6.20. The van der Waals surface area contributed by atoms with E-state index < -0.39 is 0 Å². The maximum atomic E-state index is 11.8. The van der Waals surface area contributed by atoms with Gasteiger partial charge in [0.15, 0.2) is 0 Å². The molecule has 2 heteroatoms. The minimum atomic E-state index is -0.190. The van der Waals surface area contributed by atoms with Gasteiger partial charge in [-0.1, -0.05) is 43.7 Å². The van der Waals surface area contributed by atoms with E-state index in [4.69, 9.17) is 4.74 Å². The molecule has 92 valence electrons. The van der Waals surface area contributed by atoms with Crippen molar-refractivity contribution in [1.29, 1.82) is 0 Å². The van der Waals surface area contributed by atoms with Crippen molar-refractivity contribution in [2.75, 3.05) is 6.61 Å². The highest BCUT2D eigenvalue weighted by Crippen LogP contribution is 2.14. The molecule has 0 bridgehead atoms. The van der Waals surface area contributed by atoms with Crippen molar-refractivity contribution in [1.82, 2.24) is 0 Å². The van der Waals surface area contributed by atoms with Crippen molar-refractivity contribution in [2.24, 2.45) is 0 Å². The number of benzene rings is 1. The Kier molecular flexibility index (Phi) is 6.08. The van der Waals surface area contributed by atoms with Gasteiger partial charge in [0.2, 0.25) is 0 Å². The Hall–Kier alpha value is -1.57. The van der Waals surface area contributed by atoms with Gasteiger partial charge in [0.1, 0.15) is 0 Å². The number of rotatable bonds is 6. The Balaban J connectivity index is 2.81. The highest BCUT2D eigenvalue weighted by Gasteiger charge is 2.09. The predicted octanol–water partition coefficient (Wildman–Crippen LogP) is 3.82. The first-order chi connectivity index (χ1) is 8.27. The maximum Gasteiger partial charge on any atom is 0.334 e. The summed E-state index contributed by atoms with van der Waals surface area (Å²) in [7, 11) is 0. The molecule has 1 aromatic carbocycles. The van der Waals surface area contributed by atoms with E-state index in [-0.39, 0.29) is 5.97 Å². The quantitative estimate of drug-likeness (QED) is 0.550. The van der Waals surface area contributed by atoms with Crippen LogP contribution in [0, 0.1) is 0 Å². The van der Waals surface area contributed by atoms with Crippen LogP contribution in [0.1, 0.15) is 38.7 Å². The van der Waals surface area contributed by atoms with Gasteiger partial charge >= 0.3 is 5.97 Å². The van der Waals surface area contributed by atoms with Gasteiger partial charge in [-0.25, -0.2) is 4.79 Å². The molecule has 0 fully saturated rings. The van der Waals surface area contributed by atoms with Crippen LogP contribution in [0.2, 0.25) is 0 Å². The summed E-state index contributed by atoms with van der Waals surface area (Å²) in [6.45, 7) is 4.38. The van der Waals surface area contributed by atoms with E-state index in [1.807, 2.05) is 43.3 Å². The highest BCUT2D eigenvalue weighted by atomic mass is 16.5. The number of unbranched alkanes of at least 4 members (excludes halogenated alkanes) is 1. The topological polar surface area (TPSA) is 26.3 Å². The molecule has 17 heavy (non-hydrogen) atoms. The Labute approximate surface area is 103 Å². The summed E-state index contributed by atoms with van der Waals surface area (Å²) in [5.74, 6) is -0.190. The van der Waals surface area contributed by atoms with Gasteiger partial charge < -0.3 is 4.74 Å². The van der Waals surface area contributed by atoms with Crippen molar-refractivity contribution < 1.29 is 9.53 Å². The average Bonchev–Trinajstić information content (AvgIpc) is 2.36. The van der Waals surface area contributed by atoms with Crippen LogP contribution in [0.25, 0.3) is 6.08 Å². The molecule has 0 aliphatic carbocycles. The molecule has 0 aromatic heterocycles. The van der Waals surface area contributed by atoms with E-state index in [0.717, 1.165) is 30.4 Å². The largest absolute Gasteiger partial charge is 0.463 e. The number of hydrogen-bond donors (Lipinski definition) is 0. The van der Waals surface area contributed by atoms with E-state index in [1.165, 1.54) is 0 Å². The SMILES string of the molecule is CCCC/C(=C/c1ccccc1)C(=O)OCC. The maximum absolute atomic E-state index is 11.8. The van der Waals surface area contributed by atoms with Crippen LogP contribution in [-0.2, 0) is 9.53 Å². The number of esters is 1. The summed E-state index contributed by atoms with van der Waals surface area (Å²) in [4.78, 5) is 11.8. The standard InChI is InChI=1S/C15H20O2/c1-3-5-11-14(15(16)17-4-2)12-13-9-7-6-8-10-13/h6-10,12H,3-5,11H2,1-2H3/b14-12-. The monoisotopic (exact) mass is 232 g/mol. The minimum Gasteiger partial charge on any atom is -0.463 e. The first-order valence-electron chi connectivity index (χ1n) is 6.20. The summed E-state index contributed by atoms with van der Waals surface area (Å²) in [6.07, 6.45) is 4.79. The lowest BCUT2D eigenvalue weighted by Crippen LogP contribution is -2.07. The van der Waals surface area contributed by atoms with Crippen LogP contribution in [0.4, 0.5) is 0 Å². The lowest BCUT2D eigenvalue weighted by atomic mass is 10.1. The molecule has 0 saturated heterocycles. The fourth-order valence-corrected chi connectivity index (χ4v) is 1.57. The van der Waals surface area contributed by atoms with E-state index in [9.17, 15) is 4.79 Å². The van der Waals surface area contributed by atoms with Crippen molar-refractivity contribution in [3.05, 3.63) is 41.5 Å². The predicted molar refractivity (Wildman–Crippen MR) is 70.6 cm³/mol. The molecule has 0 amide bonds. The van der Waals surface area contributed by atoms with Crippen molar-refractivity contribution >= 4 is 12.0 Å². The molecule has 0 aliphatic rings. The van der Waals surface area contributed by atoms with Crippen LogP contribution < -0.4 is 0 Å². The number of hydrogen-bond acceptors (Lipinski definition) is 2. The molecule has 2 nitrogen and oxygen atoms in total. The number of carbonyl (C=O) groups excluding carboxylic acids is 1. The van der Waals surface area contributed by atoms with Gasteiger partial charge in [0, 0.05) is 5.57 Å². The summed E-state index contributed by atoms with van der Waals surface area (Å²) < 4.78 is 5.07. The third kappa shape index (κ3) is 4.85. The highest BCUT2D eigenvalue weighted by molar-refractivity contribution is 5.93. The summed E-state index contributed by atoms with van der Waals surface area (Å²) in [5.41, 5.74) is 1.81. The van der Waals surface area contributed by atoms with Crippen LogP contribution >= 0.6 is 0 Å². The molecule has 0 radical (unpaired) electrons. The zero-order valence-corrected chi connectivity index (χ0v) is 10.6. The van der Waals surface area contributed by atoms with Crippen molar-refractivity contribution in [2.45, 2.75) is 33.1 Å². The summed E-state index contributed by atoms with van der Waals surface area (Å²) in [5, 5.41) is 0. The van der Waals surface area contributed by atoms with Gasteiger partial charge in [-0.2, -0.15) is 0 Å². The van der Waals surface area contributed by atoms with Crippen LogP contribution in [0.3, 0.4) is 0 Å². The number of carbonyl (C=O) groups is 1. The van der Waals surface area contributed by atoms with Gasteiger partial charge in [-0.05, 0) is 31.4 Å². The molecular weight excluding hydrogens is 212 g/mol. The van der Waals surface area contributed by atoms with E-state index in [2.05, 4.69) is 6.92 Å². The molecule has 0 unspecified atom stereocenters. The minimum absolute atomic E-state index is 0.190. The van der Waals surface area contributed by atoms with Gasteiger partial charge in [-0.3, -0.25) is 0 Å². The third-order valence-electron chi connectivity index (χ3n) is 2.48. The van der Waals surface area contributed by atoms with Crippen molar-refractivity contribution in [3.8, 4) is 0 Å². The second-order valence-corrected chi connectivity index (χ2v) is 3.90. The average molecular weight is 232 g/mol. The van der Waals surface area contributed by atoms with Gasteiger partial charge in [0.05, 0.1) is 6.61 Å². The summed E-state index contributed by atoms with van der Waals surface area (Å²) in [6, 6.07) is 9.88. The van der Waals surface area contributed by atoms with Crippen LogP contribution in [0.5, 0.6) is 0 Å². The zero-order valence-electron chi connectivity index (χ0n) is 10.6. The molecule has 0 aliphatic heterocycles. The van der Waals surface area contributed by atoms with Crippen molar-refractivity contribution in [3.63, 3.8) is 0 Å². The van der Waals surface area contributed by atoms with E-state index in [0.29, 0.717) is 6.61 Å². The normalized spacial score (nSPS) is 11.3. The molecule has 0 N–H and O–H groups in total. The van der Waals surface area contributed by atoms with Crippen LogP contribution in [0.15, 0.2) is 35.9 Å². The lowest BCUT2D eigenvalue weighted by Gasteiger charge is -2.06. The molecule has 0 spiro atoms. The molecular formula is C15H20O2. The van der Waals surface area contributed by atoms with Crippen LogP contribution in [-0.4, -0.2) is 12.6 Å². The number of ether oxygens (including phenoxy) is 1. The summed E-state index contributed by atoms with van der Waals surface area (Å²) >= 11 is 0. The molecule has 0 saturated carbocycles. The molecule has 0 heterocycles. The van der Waals surface area contributed by atoms with Gasteiger partial charge in [-0.15, -0.1) is 0 Å². The zero-order chi connectivity index (χ0) is 12.5. The Morgan fingerprint density at radius 2 is 1.94 bits per heavy atom. The smallest absolute Gasteiger partial charge is 0.334 e.